The lowest BCUT2D eigenvalue weighted by Crippen LogP contribution is -2.46. The second kappa shape index (κ2) is 9.36. The first-order chi connectivity index (χ1) is 14.6. The number of benzene rings is 2. The van der Waals surface area contributed by atoms with Crippen molar-refractivity contribution in [1.29, 1.82) is 0 Å². The molecule has 4 rings (SSSR count). The number of ether oxygens (including phenoxy) is 1. The summed E-state index contributed by atoms with van der Waals surface area (Å²) in [5.74, 6) is 0.635. The average molecular weight is 443 g/mol. The van der Waals surface area contributed by atoms with Crippen LogP contribution in [0.3, 0.4) is 0 Å². The molecule has 0 radical (unpaired) electrons. The predicted molar refractivity (Wildman–Crippen MR) is 122 cm³/mol. The molecule has 0 atom stereocenters. The highest BCUT2D eigenvalue weighted by atomic mass is 35.5. The number of nitrogens with zero attached hydrogens (tertiary/aromatic N) is 3. The van der Waals surface area contributed by atoms with E-state index < -0.39 is 0 Å². The van der Waals surface area contributed by atoms with Crippen molar-refractivity contribution in [3.63, 3.8) is 0 Å². The Labute approximate surface area is 185 Å². The Morgan fingerprint density at radius 1 is 1.13 bits per heavy atom. The van der Waals surface area contributed by atoms with E-state index in [1.54, 1.807) is 7.11 Å². The Morgan fingerprint density at radius 2 is 1.87 bits per heavy atom. The van der Waals surface area contributed by atoms with E-state index in [0.29, 0.717) is 12.2 Å². The summed E-state index contributed by atoms with van der Waals surface area (Å²) in [6, 6.07) is 15.6. The van der Waals surface area contributed by atoms with Crippen molar-refractivity contribution in [3.8, 4) is 5.75 Å². The fourth-order valence-corrected chi connectivity index (χ4v) is 4.40. The highest BCUT2D eigenvalue weighted by Crippen LogP contribution is 2.25. The predicted octanol–water partition coefficient (Wildman–Crippen LogP) is 4.06. The van der Waals surface area contributed by atoms with E-state index in [1.807, 2.05) is 47.8 Å². The molecule has 1 aliphatic rings. The number of amides is 1. The number of halogens is 1. The molecule has 1 N–H and O–H groups in total. The lowest BCUT2D eigenvalue weighted by atomic mass is 10.2. The van der Waals surface area contributed by atoms with Crippen molar-refractivity contribution < 1.29 is 9.53 Å². The van der Waals surface area contributed by atoms with Gasteiger partial charge in [-0.05, 0) is 35.9 Å². The lowest BCUT2D eigenvalue weighted by Gasteiger charge is -2.36. The Hall–Kier alpha value is -2.77. The molecule has 3 aromatic rings. The molecule has 0 unspecified atom stereocenters. The number of hydrogen-bond acceptors (Lipinski definition) is 6. The number of anilines is 2. The van der Waals surface area contributed by atoms with Crippen LogP contribution in [0.25, 0.3) is 0 Å². The summed E-state index contributed by atoms with van der Waals surface area (Å²) in [5.41, 5.74) is 2.61. The van der Waals surface area contributed by atoms with E-state index in [-0.39, 0.29) is 5.91 Å². The lowest BCUT2D eigenvalue weighted by molar-refractivity contribution is 0.0946. The summed E-state index contributed by atoms with van der Waals surface area (Å²) in [6.07, 6.45) is 0. The van der Waals surface area contributed by atoms with Crippen LogP contribution in [0.2, 0.25) is 5.02 Å². The maximum Gasteiger partial charge on any atom is 0.271 e. The van der Waals surface area contributed by atoms with Crippen LogP contribution >= 0.6 is 22.9 Å². The monoisotopic (exact) mass is 442 g/mol. The Bertz CT molecular complexity index is 1000. The van der Waals surface area contributed by atoms with Crippen LogP contribution in [0.15, 0.2) is 53.9 Å². The third-order valence-electron chi connectivity index (χ3n) is 5.06. The van der Waals surface area contributed by atoms with Gasteiger partial charge in [0.05, 0.1) is 7.11 Å². The average Bonchev–Trinajstić information content (AvgIpc) is 3.28. The van der Waals surface area contributed by atoms with Gasteiger partial charge in [0.15, 0.2) is 5.13 Å². The molecule has 0 spiro atoms. The molecule has 1 aromatic heterocycles. The smallest absolute Gasteiger partial charge is 0.271 e. The van der Waals surface area contributed by atoms with Crippen LogP contribution in [0.5, 0.6) is 5.75 Å². The fourth-order valence-electron chi connectivity index (χ4n) is 3.36. The van der Waals surface area contributed by atoms with E-state index in [4.69, 9.17) is 16.3 Å². The minimum atomic E-state index is -0.161. The number of carbonyl (C=O) groups is 1. The molecule has 0 aliphatic carbocycles. The summed E-state index contributed by atoms with van der Waals surface area (Å²) < 4.78 is 5.15. The van der Waals surface area contributed by atoms with Gasteiger partial charge in [-0.3, -0.25) is 4.79 Å². The zero-order valence-electron chi connectivity index (χ0n) is 16.7. The number of rotatable bonds is 6. The van der Waals surface area contributed by atoms with Crippen LogP contribution < -0.4 is 19.9 Å². The van der Waals surface area contributed by atoms with E-state index in [1.165, 1.54) is 11.3 Å². The second-order valence-corrected chi connectivity index (χ2v) is 8.27. The first-order valence-electron chi connectivity index (χ1n) is 9.74. The fraction of sp³-hybridized carbons (Fsp3) is 0.273. The summed E-state index contributed by atoms with van der Waals surface area (Å²) in [4.78, 5) is 21.6. The highest BCUT2D eigenvalue weighted by molar-refractivity contribution is 7.13. The van der Waals surface area contributed by atoms with E-state index >= 15 is 0 Å². The quantitative estimate of drug-likeness (QED) is 0.623. The number of nitrogens with one attached hydrogen (secondary N) is 1. The summed E-state index contributed by atoms with van der Waals surface area (Å²) >= 11 is 7.62. The van der Waals surface area contributed by atoms with E-state index in [2.05, 4.69) is 26.2 Å². The number of piperazine rings is 1. The number of aromatic nitrogens is 1. The second-order valence-electron chi connectivity index (χ2n) is 7.00. The van der Waals surface area contributed by atoms with Gasteiger partial charge in [-0.15, -0.1) is 11.3 Å². The highest BCUT2D eigenvalue weighted by Gasteiger charge is 2.21. The van der Waals surface area contributed by atoms with Crippen LogP contribution in [0.4, 0.5) is 10.8 Å². The Balaban J connectivity index is 1.31. The number of methoxy groups -OCH3 is 1. The molecule has 6 nitrogen and oxygen atoms in total. The minimum absolute atomic E-state index is 0.161. The van der Waals surface area contributed by atoms with Crippen molar-refractivity contribution >= 4 is 39.7 Å². The van der Waals surface area contributed by atoms with E-state index in [0.717, 1.165) is 53.3 Å². The maximum absolute atomic E-state index is 12.5. The topological polar surface area (TPSA) is 57.7 Å². The van der Waals surface area contributed by atoms with Gasteiger partial charge < -0.3 is 19.9 Å². The van der Waals surface area contributed by atoms with Gasteiger partial charge in [-0.1, -0.05) is 29.8 Å². The number of hydrogen-bond donors (Lipinski definition) is 1. The van der Waals surface area contributed by atoms with E-state index in [9.17, 15) is 4.79 Å². The molecular weight excluding hydrogens is 420 g/mol. The molecule has 0 bridgehead atoms. The van der Waals surface area contributed by atoms with Gasteiger partial charge in [0.25, 0.3) is 5.91 Å². The van der Waals surface area contributed by atoms with Gasteiger partial charge in [0.2, 0.25) is 0 Å². The Morgan fingerprint density at radius 3 is 2.57 bits per heavy atom. The van der Waals surface area contributed by atoms with Crippen molar-refractivity contribution in [2.45, 2.75) is 6.54 Å². The van der Waals surface area contributed by atoms with Crippen LogP contribution in [-0.2, 0) is 6.54 Å². The largest absolute Gasteiger partial charge is 0.497 e. The Kier molecular flexibility index (Phi) is 6.40. The standard InChI is InChI=1S/C22H23ClN4O2S/c1-29-19-7-5-16(6-8-19)14-24-21(28)20-15-30-22(25-20)27-11-9-26(10-12-27)18-4-2-3-17(23)13-18/h2-8,13,15H,9-12,14H2,1H3,(H,24,28). The molecule has 0 saturated carbocycles. The van der Waals surface area contributed by atoms with Crippen LogP contribution in [0, 0.1) is 0 Å². The normalized spacial score (nSPS) is 13.9. The molecule has 2 aromatic carbocycles. The van der Waals surface area contributed by atoms with Gasteiger partial charge in [0.1, 0.15) is 11.4 Å². The molecule has 1 aliphatic heterocycles. The minimum Gasteiger partial charge on any atom is -0.497 e. The SMILES string of the molecule is COc1ccc(CNC(=O)c2csc(N3CCN(c4cccc(Cl)c4)CC3)n2)cc1. The summed E-state index contributed by atoms with van der Waals surface area (Å²) in [6.45, 7) is 3.94. The third kappa shape index (κ3) is 4.86. The molecule has 1 amide bonds. The van der Waals surface area contributed by atoms with Crippen molar-refractivity contribution in [3.05, 3.63) is 70.2 Å². The number of carbonyl (C=O) groups excluding carboxylic acids is 1. The van der Waals surface area contributed by atoms with Crippen molar-refractivity contribution in [1.82, 2.24) is 10.3 Å². The summed E-state index contributed by atoms with van der Waals surface area (Å²) in [5, 5.41) is 6.38. The van der Waals surface area contributed by atoms with Crippen LogP contribution in [0.1, 0.15) is 16.1 Å². The zero-order valence-corrected chi connectivity index (χ0v) is 18.2. The molecular formula is C22H23ClN4O2S. The molecule has 156 valence electrons. The van der Waals surface area contributed by atoms with Crippen molar-refractivity contribution in [2.24, 2.45) is 0 Å². The zero-order chi connectivity index (χ0) is 20.9. The molecule has 30 heavy (non-hydrogen) atoms. The number of thiazole rings is 1. The molecule has 1 fully saturated rings. The van der Waals surface area contributed by atoms with Crippen LogP contribution in [-0.4, -0.2) is 44.2 Å². The van der Waals surface area contributed by atoms with Gasteiger partial charge in [-0.2, -0.15) is 0 Å². The molecule has 8 heteroatoms. The molecule has 1 saturated heterocycles. The van der Waals surface area contributed by atoms with Gasteiger partial charge in [0, 0.05) is 48.8 Å². The third-order valence-corrected chi connectivity index (χ3v) is 6.20. The van der Waals surface area contributed by atoms with Crippen molar-refractivity contribution in [2.75, 3.05) is 43.1 Å². The first kappa shape index (κ1) is 20.5. The molecule has 2 heterocycles. The summed E-state index contributed by atoms with van der Waals surface area (Å²) in [7, 11) is 1.63. The first-order valence-corrected chi connectivity index (χ1v) is 11.0. The van der Waals surface area contributed by atoms with Gasteiger partial charge in [-0.25, -0.2) is 4.98 Å². The van der Waals surface area contributed by atoms with Gasteiger partial charge >= 0.3 is 0 Å². The maximum atomic E-state index is 12.5.